The maximum atomic E-state index is 11.2. The number of carbonyl (C=O) groups is 1. The highest BCUT2D eigenvalue weighted by Gasteiger charge is 2.10. The van der Waals surface area contributed by atoms with Gasteiger partial charge in [0.25, 0.3) is 0 Å². The average molecular weight is 206 g/mol. The Bertz CT molecular complexity index is 392. The zero-order valence-corrected chi connectivity index (χ0v) is 10.1. The third kappa shape index (κ3) is 2.38. The van der Waals surface area contributed by atoms with Gasteiger partial charge in [0.2, 0.25) is 0 Å². The molecule has 15 heavy (non-hydrogen) atoms. The molecule has 1 rings (SSSR count). The Kier molecular flexibility index (Phi) is 3.51. The first kappa shape index (κ1) is 11.8. The van der Waals surface area contributed by atoms with E-state index in [1.54, 1.807) is 0 Å². The smallest absolute Gasteiger partial charge is 0.309 e. The number of benzene rings is 1. The summed E-state index contributed by atoms with van der Waals surface area (Å²) < 4.78 is 4.68. The third-order valence-electron chi connectivity index (χ3n) is 3.15. The van der Waals surface area contributed by atoms with Gasteiger partial charge in [-0.1, -0.05) is 6.07 Å². The Labute approximate surface area is 91.3 Å². The SMILES string of the molecule is COC(=O)Cc1cc(C)c(C)c(C)c1C. The minimum absolute atomic E-state index is 0.180. The van der Waals surface area contributed by atoms with Gasteiger partial charge in [0, 0.05) is 0 Å². The van der Waals surface area contributed by atoms with Crippen molar-refractivity contribution in [3.63, 3.8) is 0 Å². The van der Waals surface area contributed by atoms with E-state index in [2.05, 4.69) is 38.5 Å². The summed E-state index contributed by atoms with van der Waals surface area (Å²) in [7, 11) is 1.42. The molecule has 0 N–H and O–H groups in total. The lowest BCUT2D eigenvalue weighted by atomic mass is 9.93. The van der Waals surface area contributed by atoms with Crippen LogP contribution in [0.4, 0.5) is 0 Å². The number of hydrogen-bond acceptors (Lipinski definition) is 2. The van der Waals surface area contributed by atoms with Crippen LogP contribution in [0.15, 0.2) is 6.07 Å². The Morgan fingerprint density at radius 1 is 1.13 bits per heavy atom. The summed E-state index contributed by atoms with van der Waals surface area (Å²) in [5.41, 5.74) is 6.08. The predicted octanol–water partition coefficient (Wildman–Crippen LogP) is 2.64. The van der Waals surface area contributed by atoms with Crippen LogP contribution in [0.2, 0.25) is 0 Å². The molecule has 0 unspecified atom stereocenters. The van der Waals surface area contributed by atoms with Gasteiger partial charge in [0.15, 0.2) is 0 Å². The van der Waals surface area contributed by atoms with Crippen LogP contribution in [0.1, 0.15) is 27.8 Å². The van der Waals surface area contributed by atoms with Gasteiger partial charge in [-0.3, -0.25) is 4.79 Å². The molecule has 82 valence electrons. The Morgan fingerprint density at radius 3 is 2.27 bits per heavy atom. The van der Waals surface area contributed by atoms with E-state index < -0.39 is 0 Å². The van der Waals surface area contributed by atoms with Crippen molar-refractivity contribution in [1.29, 1.82) is 0 Å². The monoisotopic (exact) mass is 206 g/mol. The van der Waals surface area contributed by atoms with E-state index >= 15 is 0 Å². The molecule has 0 aliphatic carbocycles. The minimum atomic E-state index is -0.180. The van der Waals surface area contributed by atoms with Gasteiger partial charge in [-0.15, -0.1) is 0 Å². The van der Waals surface area contributed by atoms with Gasteiger partial charge in [0.1, 0.15) is 0 Å². The molecule has 0 heterocycles. The maximum Gasteiger partial charge on any atom is 0.309 e. The highest BCUT2D eigenvalue weighted by Crippen LogP contribution is 2.21. The molecule has 1 aromatic carbocycles. The lowest BCUT2D eigenvalue weighted by molar-refractivity contribution is -0.139. The summed E-state index contributed by atoms with van der Waals surface area (Å²) in [6, 6.07) is 2.08. The van der Waals surface area contributed by atoms with Crippen molar-refractivity contribution >= 4 is 5.97 Å². The molecule has 0 aliphatic heterocycles. The van der Waals surface area contributed by atoms with Crippen LogP contribution in [0, 0.1) is 27.7 Å². The molecule has 2 heteroatoms. The van der Waals surface area contributed by atoms with Gasteiger partial charge in [-0.05, 0) is 55.5 Å². The summed E-state index contributed by atoms with van der Waals surface area (Å²) in [5.74, 6) is -0.180. The largest absolute Gasteiger partial charge is 0.469 e. The van der Waals surface area contributed by atoms with Crippen LogP contribution >= 0.6 is 0 Å². The second-order valence-corrected chi connectivity index (χ2v) is 3.98. The van der Waals surface area contributed by atoms with Crippen molar-refractivity contribution in [3.05, 3.63) is 33.9 Å². The van der Waals surface area contributed by atoms with Crippen molar-refractivity contribution in [1.82, 2.24) is 0 Å². The zero-order valence-electron chi connectivity index (χ0n) is 10.1. The third-order valence-corrected chi connectivity index (χ3v) is 3.15. The van der Waals surface area contributed by atoms with E-state index in [1.165, 1.54) is 29.4 Å². The number of hydrogen-bond donors (Lipinski definition) is 0. The van der Waals surface area contributed by atoms with Crippen molar-refractivity contribution in [2.45, 2.75) is 34.1 Å². The van der Waals surface area contributed by atoms with E-state index in [0.717, 1.165) is 5.56 Å². The van der Waals surface area contributed by atoms with Crippen LogP contribution < -0.4 is 0 Å². The van der Waals surface area contributed by atoms with Crippen LogP contribution in [-0.2, 0) is 16.0 Å². The zero-order chi connectivity index (χ0) is 11.6. The van der Waals surface area contributed by atoms with Crippen molar-refractivity contribution in [2.24, 2.45) is 0 Å². The first-order chi connectivity index (χ1) is 6.97. The van der Waals surface area contributed by atoms with E-state index in [-0.39, 0.29) is 5.97 Å². The molecule has 0 bridgehead atoms. The number of rotatable bonds is 2. The molecular weight excluding hydrogens is 188 g/mol. The highest BCUT2D eigenvalue weighted by atomic mass is 16.5. The molecule has 0 amide bonds. The molecule has 0 spiro atoms. The van der Waals surface area contributed by atoms with Crippen molar-refractivity contribution in [2.75, 3.05) is 7.11 Å². The number of carbonyl (C=O) groups excluding carboxylic acids is 1. The van der Waals surface area contributed by atoms with Crippen molar-refractivity contribution in [3.8, 4) is 0 Å². The second-order valence-electron chi connectivity index (χ2n) is 3.98. The molecule has 1 aromatic rings. The molecule has 0 radical (unpaired) electrons. The van der Waals surface area contributed by atoms with E-state index in [4.69, 9.17) is 0 Å². The standard InChI is InChI=1S/C13H18O2/c1-8-6-12(7-13(14)15-5)11(4)10(3)9(8)2/h6H,7H2,1-5H3. The minimum Gasteiger partial charge on any atom is -0.469 e. The Morgan fingerprint density at radius 2 is 1.73 bits per heavy atom. The van der Waals surface area contributed by atoms with Crippen LogP contribution in [-0.4, -0.2) is 13.1 Å². The molecule has 0 aromatic heterocycles. The lowest BCUT2D eigenvalue weighted by Crippen LogP contribution is -2.07. The number of methoxy groups -OCH3 is 1. The molecular formula is C13H18O2. The molecule has 0 fully saturated rings. The van der Waals surface area contributed by atoms with Gasteiger partial charge < -0.3 is 4.74 Å². The first-order valence-corrected chi connectivity index (χ1v) is 5.10. The van der Waals surface area contributed by atoms with Gasteiger partial charge in [0.05, 0.1) is 13.5 Å². The van der Waals surface area contributed by atoms with Crippen LogP contribution in [0.5, 0.6) is 0 Å². The molecule has 2 nitrogen and oxygen atoms in total. The molecule has 0 aliphatic rings. The Balaban J connectivity index is 3.15. The summed E-state index contributed by atoms with van der Waals surface area (Å²) in [6.07, 6.45) is 0.365. The molecule has 0 saturated carbocycles. The van der Waals surface area contributed by atoms with Crippen LogP contribution in [0.25, 0.3) is 0 Å². The summed E-state index contributed by atoms with van der Waals surface area (Å²) in [6.45, 7) is 8.33. The second kappa shape index (κ2) is 4.47. The van der Waals surface area contributed by atoms with Gasteiger partial charge in [-0.25, -0.2) is 0 Å². The van der Waals surface area contributed by atoms with Crippen molar-refractivity contribution < 1.29 is 9.53 Å². The fraction of sp³-hybridized carbons (Fsp3) is 0.462. The lowest BCUT2D eigenvalue weighted by Gasteiger charge is -2.13. The quantitative estimate of drug-likeness (QED) is 0.695. The Hall–Kier alpha value is -1.31. The molecule has 0 atom stereocenters. The van der Waals surface area contributed by atoms with E-state index in [1.807, 2.05) is 0 Å². The number of ether oxygens (including phenoxy) is 1. The van der Waals surface area contributed by atoms with Gasteiger partial charge >= 0.3 is 5.97 Å². The van der Waals surface area contributed by atoms with Gasteiger partial charge in [-0.2, -0.15) is 0 Å². The molecule has 0 saturated heterocycles. The van der Waals surface area contributed by atoms with E-state index in [0.29, 0.717) is 6.42 Å². The predicted molar refractivity (Wildman–Crippen MR) is 61.1 cm³/mol. The maximum absolute atomic E-state index is 11.2. The summed E-state index contributed by atoms with van der Waals surface area (Å²) in [4.78, 5) is 11.2. The fourth-order valence-electron chi connectivity index (χ4n) is 1.71. The number of esters is 1. The van der Waals surface area contributed by atoms with E-state index in [9.17, 15) is 4.79 Å². The normalized spacial score (nSPS) is 10.2. The number of aryl methyl sites for hydroxylation is 1. The fourth-order valence-corrected chi connectivity index (χ4v) is 1.71. The summed E-state index contributed by atoms with van der Waals surface area (Å²) in [5, 5.41) is 0. The topological polar surface area (TPSA) is 26.3 Å². The summed E-state index contributed by atoms with van der Waals surface area (Å²) >= 11 is 0. The average Bonchev–Trinajstić information content (AvgIpc) is 2.22. The van der Waals surface area contributed by atoms with Crippen LogP contribution in [0.3, 0.4) is 0 Å². The highest BCUT2D eigenvalue weighted by molar-refractivity contribution is 5.73. The first-order valence-electron chi connectivity index (χ1n) is 5.10.